The highest BCUT2D eigenvalue weighted by atomic mass is 16.2. The number of nitriles is 1. The molecule has 0 N–H and O–H groups in total. The number of anilines is 1. The number of rotatable bonds is 2. The summed E-state index contributed by atoms with van der Waals surface area (Å²) in [5.41, 5.74) is 0. The van der Waals surface area contributed by atoms with Crippen molar-refractivity contribution in [2.24, 2.45) is 0 Å². The maximum Gasteiger partial charge on any atom is 0.242 e. The molecule has 1 atom stereocenters. The molecule has 7 heteroatoms. The van der Waals surface area contributed by atoms with Crippen LogP contribution >= 0.6 is 0 Å². The van der Waals surface area contributed by atoms with Crippen LogP contribution in [0, 0.1) is 11.5 Å². The van der Waals surface area contributed by atoms with Crippen LogP contribution in [0.15, 0.2) is 24.4 Å². The van der Waals surface area contributed by atoms with Crippen molar-refractivity contribution in [3.63, 3.8) is 0 Å². The standard InChI is InChI=1S/C16H20N6O/c17-12-19-5-6-20-7-8-22(16(23)14(20)11-19)13-9-21(10-13)15-3-1-2-4-18-15/h1-4,13-14H,5-11H2. The fourth-order valence-electron chi connectivity index (χ4n) is 3.69. The summed E-state index contributed by atoms with van der Waals surface area (Å²) in [6.07, 6.45) is 3.97. The van der Waals surface area contributed by atoms with E-state index in [0.717, 1.165) is 45.1 Å². The molecule has 0 spiro atoms. The second kappa shape index (κ2) is 5.70. The van der Waals surface area contributed by atoms with Crippen LogP contribution in [0.4, 0.5) is 5.82 Å². The Hall–Kier alpha value is -2.33. The number of carbonyl (C=O) groups excluding carboxylic acids is 1. The molecule has 0 radical (unpaired) electrons. The summed E-state index contributed by atoms with van der Waals surface area (Å²) in [5, 5.41) is 9.08. The molecule has 1 amide bonds. The van der Waals surface area contributed by atoms with E-state index >= 15 is 0 Å². The number of fused-ring (bicyclic) bond motifs is 1. The molecule has 1 aromatic rings. The van der Waals surface area contributed by atoms with Crippen molar-refractivity contribution in [1.82, 2.24) is 19.7 Å². The van der Waals surface area contributed by atoms with Crippen molar-refractivity contribution in [3.8, 4) is 6.19 Å². The molecule has 4 rings (SSSR count). The van der Waals surface area contributed by atoms with E-state index in [-0.39, 0.29) is 18.0 Å². The fraction of sp³-hybridized carbons (Fsp3) is 0.562. The van der Waals surface area contributed by atoms with Gasteiger partial charge in [0, 0.05) is 45.5 Å². The normalized spacial score (nSPS) is 25.8. The molecule has 3 fully saturated rings. The summed E-state index contributed by atoms with van der Waals surface area (Å²) >= 11 is 0. The summed E-state index contributed by atoms with van der Waals surface area (Å²) in [4.78, 5) is 25.3. The summed E-state index contributed by atoms with van der Waals surface area (Å²) < 4.78 is 0. The lowest BCUT2D eigenvalue weighted by atomic mass is 10.0. The van der Waals surface area contributed by atoms with Crippen LogP contribution < -0.4 is 4.90 Å². The Morgan fingerprint density at radius 3 is 2.70 bits per heavy atom. The van der Waals surface area contributed by atoms with Crippen molar-refractivity contribution in [2.75, 3.05) is 50.7 Å². The summed E-state index contributed by atoms with van der Waals surface area (Å²) in [5.74, 6) is 1.16. The topological polar surface area (TPSA) is 66.7 Å². The summed E-state index contributed by atoms with van der Waals surface area (Å²) in [6.45, 7) is 5.47. The van der Waals surface area contributed by atoms with Gasteiger partial charge in [-0.2, -0.15) is 5.26 Å². The summed E-state index contributed by atoms with van der Waals surface area (Å²) in [7, 11) is 0. The third kappa shape index (κ3) is 2.49. The van der Waals surface area contributed by atoms with Gasteiger partial charge >= 0.3 is 0 Å². The first kappa shape index (κ1) is 14.3. The molecule has 3 aliphatic rings. The Labute approximate surface area is 135 Å². The zero-order valence-corrected chi connectivity index (χ0v) is 13.0. The van der Waals surface area contributed by atoms with E-state index in [0.29, 0.717) is 6.54 Å². The first-order chi connectivity index (χ1) is 11.3. The van der Waals surface area contributed by atoms with Gasteiger partial charge in [-0.1, -0.05) is 6.07 Å². The molecular formula is C16H20N6O. The lowest BCUT2D eigenvalue weighted by Crippen LogP contribution is -2.70. The van der Waals surface area contributed by atoms with E-state index in [9.17, 15) is 4.79 Å². The predicted molar refractivity (Wildman–Crippen MR) is 84.5 cm³/mol. The summed E-state index contributed by atoms with van der Waals surface area (Å²) in [6, 6.07) is 6.01. The lowest BCUT2D eigenvalue weighted by molar-refractivity contribution is -0.147. The quantitative estimate of drug-likeness (QED) is 0.691. The number of hydrogen-bond acceptors (Lipinski definition) is 6. The Bertz CT molecular complexity index is 623. The molecule has 1 aromatic heterocycles. The molecule has 4 heterocycles. The van der Waals surface area contributed by atoms with E-state index in [4.69, 9.17) is 5.26 Å². The molecule has 1 unspecified atom stereocenters. The molecule has 7 nitrogen and oxygen atoms in total. The molecule has 0 aliphatic carbocycles. The number of aromatic nitrogens is 1. The highest BCUT2D eigenvalue weighted by molar-refractivity contribution is 5.84. The average Bonchev–Trinajstić information content (AvgIpc) is 2.56. The smallest absolute Gasteiger partial charge is 0.242 e. The van der Waals surface area contributed by atoms with Crippen molar-refractivity contribution in [3.05, 3.63) is 24.4 Å². The van der Waals surface area contributed by atoms with Gasteiger partial charge in [-0.3, -0.25) is 9.69 Å². The molecule has 0 aromatic carbocycles. The van der Waals surface area contributed by atoms with Gasteiger partial charge in [0.25, 0.3) is 0 Å². The first-order valence-electron chi connectivity index (χ1n) is 8.11. The van der Waals surface area contributed by atoms with Crippen LogP contribution in [-0.4, -0.2) is 83.5 Å². The predicted octanol–water partition coefficient (Wildman–Crippen LogP) is -0.420. The monoisotopic (exact) mass is 312 g/mol. The van der Waals surface area contributed by atoms with E-state index in [1.807, 2.05) is 23.1 Å². The van der Waals surface area contributed by atoms with Crippen LogP contribution in [0.3, 0.4) is 0 Å². The van der Waals surface area contributed by atoms with Crippen molar-refractivity contribution in [2.45, 2.75) is 12.1 Å². The highest BCUT2D eigenvalue weighted by Crippen LogP contribution is 2.25. The minimum Gasteiger partial charge on any atom is -0.352 e. The molecule has 0 saturated carbocycles. The molecule has 23 heavy (non-hydrogen) atoms. The second-order valence-corrected chi connectivity index (χ2v) is 6.38. The maximum atomic E-state index is 12.8. The lowest BCUT2D eigenvalue weighted by Gasteiger charge is -2.51. The van der Waals surface area contributed by atoms with Gasteiger partial charge in [-0.15, -0.1) is 0 Å². The molecule has 3 aliphatic heterocycles. The Kier molecular flexibility index (Phi) is 3.54. The number of piperazine rings is 2. The Balaban J connectivity index is 1.39. The highest BCUT2D eigenvalue weighted by Gasteiger charge is 2.43. The van der Waals surface area contributed by atoms with Crippen molar-refractivity contribution < 1.29 is 4.79 Å². The van der Waals surface area contributed by atoms with Gasteiger partial charge in [-0.25, -0.2) is 4.98 Å². The van der Waals surface area contributed by atoms with Gasteiger partial charge in [0.1, 0.15) is 11.9 Å². The minimum atomic E-state index is -0.152. The van der Waals surface area contributed by atoms with Gasteiger partial charge in [0.05, 0.1) is 12.6 Å². The van der Waals surface area contributed by atoms with E-state index in [2.05, 4.69) is 21.0 Å². The van der Waals surface area contributed by atoms with Crippen molar-refractivity contribution in [1.29, 1.82) is 5.26 Å². The van der Waals surface area contributed by atoms with E-state index in [1.54, 1.807) is 11.1 Å². The number of carbonyl (C=O) groups is 1. The Morgan fingerprint density at radius 1 is 1.13 bits per heavy atom. The van der Waals surface area contributed by atoms with Crippen LogP contribution in [0.1, 0.15) is 0 Å². The van der Waals surface area contributed by atoms with Crippen LogP contribution in [0.2, 0.25) is 0 Å². The molecule has 120 valence electrons. The molecular weight excluding hydrogens is 292 g/mol. The number of pyridine rings is 1. The zero-order valence-electron chi connectivity index (χ0n) is 13.0. The third-order valence-corrected chi connectivity index (χ3v) is 5.11. The molecule has 0 bridgehead atoms. The van der Waals surface area contributed by atoms with Gasteiger partial charge < -0.3 is 14.7 Å². The number of hydrogen-bond donors (Lipinski definition) is 0. The van der Waals surface area contributed by atoms with E-state index < -0.39 is 0 Å². The SMILES string of the molecule is N#CN1CCN2CCN(C3CN(c4ccccn4)C3)C(=O)C2C1. The maximum absolute atomic E-state index is 12.8. The Morgan fingerprint density at radius 2 is 1.96 bits per heavy atom. The second-order valence-electron chi connectivity index (χ2n) is 6.38. The third-order valence-electron chi connectivity index (χ3n) is 5.11. The first-order valence-corrected chi connectivity index (χ1v) is 8.11. The largest absolute Gasteiger partial charge is 0.352 e. The number of amides is 1. The van der Waals surface area contributed by atoms with Crippen LogP contribution in [0.5, 0.6) is 0 Å². The van der Waals surface area contributed by atoms with Gasteiger partial charge in [0.2, 0.25) is 5.91 Å². The fourth-order valence-corrected chi connectivity index (χ4v) is 3.69. The average molecular weight is 312 g/mol. The van der Waals surface area contributed by atoms with Gasteiger partial charge in [-0.05, 0) is 12.1 Å². The van der Waals surface area contributed by atoms with Crippen LogP contribution in [-0.2, 0) is 4.79 Å². The minimum absolute atomic E-state index is 0.152. The van der Waals surface area contributed by atoms with Crippen molar-refractivity contribution >= 4 is 11.7 Å². The van der Waals surface area contributed by atoms with E-state index in [1.165, 1.54) is 0 Å². The molecule has 3 saturated heterocycles. The van der Waals surface area contributed by atoms with Crippen LogP contribution in [0.25, 0.3) is 0 Å². The zero-order chi connectivity index (χ0) is 15.8. The number of nitrogens with zero attached hydrogens (tertiary/aromatic N) is 6. The van der Waals surface area contributed by atoms with Gasteiger partial charge in [0.15, 0.2) is 6.19 Å².